The molecule has 1 aromatic rings. The summed E-state index contributed by atoms with van der Waals surface area (Å²) in [6.07, 6.45) is -0.199. The molecule has 18 heavy (non-hydrogen) atoms. The molecule has 2 heterocycles. The summed E-state index contributed by atoms with van der Waals surface area (Å²) >= 11 is 0. The van der Waals surface area contributed by atoms with Gasteiger partial charge in [0.05, 0.1) is 11.4 Å². The summed E-state index contributed by atoms with van der Waals surface area (Å²) in [5.41, 5.74) is 6.81. The molecule has 1 amide bonds. The van der Waals surface area contributed by atoms with Crippen LogP contribution in [0.5, 0.6) is 0 Å². The molecule has 1 aliphatic heterocycles. The third-order valence-electron chi connectivity index (χ3n) is 3.09. The Morgan fingerprint density at radius 3 is 2.61 bits per heavy atom. The molecule has 1 saturated heterocycles. The number of hydrogen-bond donors (Lipinski definition) is 1. The van der Waals surface area contributed by atoms with Gasteiger partial charge < -0.3 is 15.4 Å². The van der Waals surface area contributed by atoms with Gasteiger partial charge in [0, 0.05) is 27.1 Å². The molecule has 0 bridgehead atoms. The summed E-state index contributed by atoms with van der Waals surface area (Å²) in [6.45, 7) is 2.30. The number of esters is 1. The summed E-state index contributed by atoms with van der Waals surface area (Å²) < 4.78 is 6.56. The molecular weight excluding hydrogens is 236 g/mol. The highest BCUT2D eigenvalue weighted by atomic mass is 16.5. The minimum atomic E-state index is -0.711. The standard InChI is InChI=1S/C11H16N4O3/c1-6-8(12)9(15(3)13-6)11(17)18-7-4-5-14(2)10(7)16/h7H,4-5,12H2,1-3H3. The first kappa shape index (κ1) is 12.4. The van der Waals surface area contributed by atoms with Crippen LogP contribution in [0.3, 0.4) is 0 Å². The molecule has 0 spiro atoms. The lowest BCUT2D eigenvalue weighted by molar-refractivity contribution is -0.133. The Bertz CT molecular complexity index is 509. The summed E-state index contributed by atoms with van der Waals surface area (Å²) in [5.74, 6) is -0.787. The summed E-state index contributed by atoms with van der Waals surface area (Å²) in [4.78, 5) is 25.2. The fourth-order valence-corrected chi connectivity index (χ4v) is 2.00. The van der Waals surface area contributed by atoms with Gasteiger partial charge in [-0.1, -0.05) is 0 Å². The summed E-state index contributed by atoms with van der Waals surface area (Å²) in [7, 11) is 3.29. The van der Waals surface area contributed by atoms with Crippen LogP contribution < -0.4 is 5.73 Å². The van der Waals surface area contributed by atoms with Crippen molar-refractivity contribution in [2.24, 2.45) is 7.05 Å². The zero-order valence-corrected chi connectivity index (χ0v) is 10.6. The summed E-state index contributed by atoms with van der Waals surface area (Å²) in [6, 6.07) is 0. The van der Waals surface area contributed by atoms with Crippen LogP contribution in [0.25, 0.3) is 0 Å². The lowest BCUT2D eigenvalue weighted by Gasteiger charge is -2.11. The number of likely N-dealkylation sites (N-methyl/N-ethyl adjacent to an activating group) is 1. The molecule has 1 aliphatic rings. The number of aromatic nitrogens is 2. The lowest BCUT2D eigenvalue weighted by Crippen LogP contribution is -2.30. The number of ether oxygens (including phenoxy) is 1. The Labute approximate surface area is 104 Å². The van der Waals surface area contributed by atoms with E-state index in [0.717, 1.165) is 0 Å². The number of nitrogens with zero attached hydrogens (tertiary/aromatic N) is 3. The number of rotatable bonds is 2. The Morgan fingerprint density at radius 2 is 2.17 bits per heavy atom. The maximum Gasteiger partial charge on any atom is 0.359 e. The predicted molar refractivity (Wildman–Crippen MR) is 63.8 cm³/mol. The topological polar surface area (TPSA) is 90.5 Å². The predicted octanol–water partition coefficient (Wildman–Crippen LogP) is -0.302. The second-order valence-corrected chi connectivity index (χ2v) is 4.41. The Kier molecular flexibility index (Phi) is 2.98. The van der Waals surface area contributed by atoms with Crippen molar-refractivity contribution in [3.05, 3.63) is 11.4 Å². The van der Waals surface area contributed by atoms with Crippen molar-refractivity contribution in [3.8, 4) is 0 Å². The number of anilines is 1. The van der Waals surface area contributed by atoms with Gasteiger partial charge in [0.25, 0.3) is 5.91 Å². The average molecular weight is 252 g/mol. The van der Waals surface area contributed by atoms with E-state index in [2.05, 4.69) is 5.10 Å². The number of carbonyl (C=O) groups is 2. The van der Waals surface area contributed by atoms with E-state index in [9.17, 15) is 9.59 Å². The van der Waals surface area contributed by atoms with Gasteiger partial charge in [0.15, 0.2) is 11.8 Å². The number of aryl methyl sites for hydroxylation is 2. The van der Waals surface area contributed by atoms with E-state index in [0.29, 0.717) is 24.3 Å². The molecule has 0 radical (unpaired) electrons. The molecule has 2 N–H and O–H groups in total. The first-order valence-corrected chi connectivity index (χ1v) is 5.67. The SMILES string of the molecule is Cc1nn(C)c(C(=O)OC2CCN(C)C2=O)c1N. The Morgan fingerprint density at radius 1 is 1.50 bits per heavy atom. The van der Waals surface area contributed by atoms with Gasteiger partial charge in [0.1, 0.15) is 0 Å². The van der Waals surface area contributed by atoms with Gasteiger partial charge in [-0.25, -0.2) is 4.79 Å². The molecule has 1 atom stereocenters. The second-order valence-electron chi connectivity index (χ2n) is 4.41. The van der Waals surface area contributed by atoms with Crippen LogP contribution in [0.1, 0.15) is 22.6 Å². The highest BCUT2D eigenvalue weighted by Gasteiger charge is 2.33. The van der Waals surface area contributed by atoms with Gasteiger partial charge in [-0.15, -0.1) is 0 Å². The van der Waals surface area contributed by atoms with Crippen LogP contribution in [0.2, 0.25) is 0 Å². The zero-order chi connectivity index (χ0) is 13.4. The van der Waals surface area contributed by atoms with Gasteiger partial charge in [0.2, 0.25) is 0 Å². The van der Waals surface area contributed by atoms with E-state index in [1.807, 2.05) is 0 Å². The van der Waals surface area contributed by atoms with Gasteiger partial charge in [-0.3, -0.25) is 9.48 Å². The van der Waals surface area contributed by atoms with Crippen LogP contribution >= 0.6 is 0 Å². The first-order chi connectivity index (χ1) is 8.41. The minimum Gasteiger partial charge on any atom is -0.447 e. The van der Waals surface area contributed by atoms with Crippen molar-refractivity contribution < 1.29 is 14.3 Å². The Balaban J connectivity index is 2.16. The Hall–Kier alpha value is -2.05. The normalized spacial score (nSPS) is 19.4. The van der Waals surface area contributed by atoms with Crippen molar-refractivity contribution in [2.75, 3.05) is 19.3 Å². The molecule has 7 nitrogen and oxygen atoms in total. The van der Waals surface area contributed by atoms with Gasteiger partial charge in [-0.05, 0) is 6.92 Å². The van der Waals surface area contributed by atoms with E-state index < -0.39 is 12.1 Å². The van der Waals surface area contributed by atoms with Crippen molar-refractivity contribution in [1.29, 1.82) is 0 Å². The smallest absolute Gasteiger partial charge is 0.359 e. The maximum atomic E-state index is 12.0. The lowest BCUT2D eigenvalue weighted by atomic mass is 10.3. The molecule has 7 heteroatoms. The third kappa shape index (κ3) is 1.92. The molecule has 2 rings (SSSR count). The highest BCUT2D eigenvalue weighted by molar-refractivity contribution is 5.96. The minimum absolute atomic E-state index is 0.180. The number of amides is 1. The molecule has 0 saturated carbocycles. The van der Waals surface area contributed by atoms with Crippen molar-refractivity contribution >= 4 is 17.6 Å². The van der Waals surface area contributed by atoms with E-state index in [-0.39, 0.29) is 11.6 Å². The number of likely N-dealkylation sites (tertiary alicyclic amines) is 1. The highest BCUT2D eigenvalue weighted by Crippen LogP contribution is 2.19. The largest absolute Gasteiger partial charge is 0.447 e. The fraction of sp³-hybridized carbons (Fsp3) is 0.545. The van der Waals surface area contributed by atoms with Crippen molar-refractivity contribution in [3.63, 3.8) is 0 Å². The number of nitrogens with two attached hydrogens (primary N) is 1. The monoisotopic (exact) mass is 252 g/mol. The summed E-state index contributed by atoms with van der Waals surface area (Å²) in [5, 5.41) is 4.04. The molecule has 1 fully saturated rings. The van der Waals surface area contributed by atoms with E-state index in [1.54, 1.807) is 21.0 Å². The molecule has 98 valence electrons. The van der Waals surface area contributed by atoms with Gasteiger partial charge >= 0.3 is 5.97 Å². The van der Waals surface area contributed by atoms with Crippen LogP contribution in [-0.4, -0.2) is 46.3 Å². The van der Waals surface area contributed by atoms with E-state index in [4.69, 9.17) is 10.5 Å². The molecular formula is C11H16N4O3. The van der Waals surface area contributed by atoms with E-state index >= 15 is 0 Å². The van der Waals surface area contributed by atoms with Crippen LogP contribution in [0, 0.1) is 6.92 Å². The van der Waals surface area contributed by atoms with Crippen LogP contribution in [0.4, 0.5) is 5.69 Å². The van der Waals surface area contributed by atoms with Crippen molar-refractivity contribution in [1.82, 2.24) is 14.7 Å². The van der Waals surface area contributed by atoms with Crippen LogP contribution in [-0.2, 0) is 16.6 Å². The zero-order valence-electron chi connectivity index (χ0n) is 10.6. The number of carbonyl (C=O) groups excluding carboxylic acids is 2. The van der Waals surface area contributed by atoms with Gasteiger partial charge in [-0.2, -0.15) is 5.10 Å². The first-order valence-electron chi connectivity index (χ1n) is 5.67. The fourth-order valence-electron chi connectivity index (χ4n) is 2.00. The molecule has 1 aromatic heterocycles. The van der Waals surface area contributed by atoms with Crippen LogP contribution in [0.15, 0.2) is 0 Å². The molecule has 0 aliphatic carbocycles. The third-order valence-corrected chi connectivity index (χ3v) is 3.09. The maximum absolute atomic E-state index is 12.0. The average Bonchev–Trinajstić information content (AvgIpc) is 2.73. The number of nitrogen functional groups attached to an aromatic ring is 1. The second kappa shape index (κ2) is 4.32. The molecule has 0 aromatic carbocycles. The number of hydrogen-bond acceptors (Lipinski definition) is 5. The molecule has 1 unspecified atom stereocenters. The quantitative estimate of drug-likeness (QED) is 0.730. The van der Waals surface area contributed by atoms with E-state index in [1.165, 1.54) is 9.58 Å². The van der Waals surface area contributed by atoms with Crippen molar-refractivity contribution in [2.45, 2.75) is 19.4 Å².